The van der Waals surface area contributed by atoms with E-state index in [-0.39, 0.29) is 34.6 Å². The SMILES string of the molecule is CN(Cc1nccn1-c1ccc(N2CCCC(NS(=O)(=O)c3cc4ccc(Cl)nc4s3)C2=O)c(F)c1)C(=O)O. The highest BCUT2D eigenvalue weighted by Crippen LogP contribution is 2.31. The molecule has 4 aromatic rings. The number of carbonyl (C=O) groups excluding carboxylic acids is 1. The van der Waals surface area contributed by atoms with Crippen LogP contribution >= 0.6 is 22.9 Å². The van der Waals surface area contributed by atoms with Crippen molar-refractivity contribution in [2.24, 2.45) is 0 Å². The standard InChI is InChI=1S/C24H22ClFN6O5S2/c1-30(24(34)35)13-20-27-8-10-31(20)15-5-6-18(16(26)12-15)32-9-2-3-17(23(32)33)29-39(36,37)21-11-14-4-7-19(25)28-22(14)38-21/h4-8,10-12,17,29H,2-3,9,13H2,1H3,(H,34,35). The van der Waals surface area contributed by atoms with Crippen molar-refractivity contribution in [3.63, 3.8) is 0 Å². The Balaban J connectivity index is 1.35. The van der Waals surface area contributed by atoms with Gasteiger partial charge in [0.1, 0.15) is 31.9 Å². The van der Waals surface area contributed by atoms with Crippen LogP contribution in [-0.4, -0.2) is 64.6 Å². The Bertz CT molecular complexity index is 1690. The van der Waals surface area contributed by atoms with Crippen LogP contribution in [0.5, 0.6) is 0 Å². The number of nitrogens with zero attached hydrogens (tertiary/aromatic N) is 5. The molecule has 0 bridgehead atoms. The molecule has 1 fully saturated rings. The summed E-state index contributed by atoms with van der Waals surface area (Å²) in [5, 5.41) is 9.98. The second-order valence-electron chi connectivity index (χ2n) is 8.89. The lowest BCUT2D eigenvalue weighted by Gasteiger charge is -2.32. The lowest BCUT2D eigenvalue weighted by atomic mass is 10.0. The lowest BCUT2D eigenvalue weighted by Crippen LogP contribution is -2.52. The number of carboxylic acid groups (broad SMARTS) is 1. The number of imidazole rings is 1. The first-order chi connectivity index (χ1) is 18.5. The Morgan fingerprint density at radius 2 is 2.10 bits per heavy atom. The Hall–Kier alpha value is -3.59. The first-order valence-electron chi connectivity index (χ1n) is 11.7. The van der Waals surface area contributed by atoms with Crippen LogP contribution in [0.4, 0.5) is 14.9 Å². The van der Waals surface area contributed by atoms with E-state index < -0.39 is 33.9 Å². The maximum absolute atomic E-state index is 15.3. The molecule has 0 radical (unpaired) electrons. The second kappa shape index (κ2) is 10.5. The molecule has 15 heteroatoms. The van der Waals surface area contributed by atoms with Gasteiger partial charge in [-0.25, -0.2) is 27.6 Å². The third-order valence-corrected chi connectivity index (χ3v) is 9.45. The van der Waals surface area contributed by atoms with Gasteiger partial charge in [0.05, 0.1) is 12.2 Å². The van der Waals surface area contributed by atoms with Gasteiger partial charge in [-0.1, -0.05) is 11.6 Å². The quantitative estimate of drug-likeness (QED) is 0.311. The molecule has 2 amide bonds. The van der Waals surface area contributed by atoms with Gasteiger partial charge < -0.3 is 19.5 Å². The summed E-state index contributed by atoms with van der Waals surface area (Å²) in [4.78, 5) is 35.5. The van der Waals surface area contributed by atoms with Crippen molar-refractivity contribution in [2.45, 2.75) is 29.6 Å². The number of fused-ring (bicyclic) bond motifs is 1. The Morgan fingerprint density at radius 1 is 1.31 bits per heavy atom. The van der Waals surface area contributed by atoms with E-state index in [0.29, 0.717) is 28.1 Å². The number of sulfonamides is 1. The van der Waals surface area contributed by atoms with E-state index in [9.17, 15) is 18.0 Å². The molecule has 0 aliphatic carbocycles. The Labute approximate surface area is 231 Å². The van der Waals surface area contributed by atoms with Crippen molar-refractivity contribution in [2.75, 3.05) is 18.5 Å². The van der Waals surface area contributed by atoms with Gasteiger partial charge in [0.2, 0.25) is 5.91 Å². The highest BCUT2D eigenvalue weighted by Gasteiger charge is 2.35. The van der Waals surface area contributed by atoms with Crippen molar-refractivity contribution >= 4 is 60.9 Å². The van der Waals surface area contributed by atoms with Gasteiger partial charge in [-0.3, -0.25) is 4.79 Å². The van der Waals surface area contributed by atoms with Crippen molar-refractivity contribution in [3.05, 3.63) is 65.6 Å². The summed E-state index contributed by atoms with van der Waals surface area (Å²) < 4.78 is 45.5. The fraction of sp³-hybridized carbons (Fsp3) is 0.250. The zero-order chi connectivity index (χ0) is 27.9. The number of hydrogen-bond acceptors (Lipinski definition) is 7. The maximum atomic E-state index is 15.3. The summed E-state index contributed by atoms with van der Waals surface area (Å²) in [6.07, 6.45) is 2.64. The third-order valence-electron chi connectivity index (χ3n) is 6.25. The Morgan fingerprint density at radius 3 is 2.85 bits per heavy atom. The maximum Gasteiger partial charge on any atom is 0.407 e. The number of nitrogens with one attached hydrogen (secondary N) is 1. The number of carbonyl (C=O) groups is 2. The molecule has 0 saturated carbocycles. The molecule has 5 rings (SSSR count). The van der Waals surface area contributed by atoms with Crippen molar-refractivity contribution in [3.8, 4) is 5.69 Å². The zero-order valence-electron chi connectivity index (χ0n) is 20.4. The number of amides is 2. The molecule has 0 spiro atoms. The third kappa shape index (κ3) is 5.45. The molecule has 3 aromatic heterocycles. The molecular formula is C24H22ClFN6O5S2. The summed E-state index contributed by atoms with van der Waals surface area (Å²) in [5.41, 5.74) is 0.403. The fourth-order valence-corrected chi connectivity index (χ4v) is 7.08. The molecule has 1 unspecified atom stereocenters. The number of anilines is 1. The van der Waals surface area contributed by atoms with E-state index in [1.165, 1.54) is 36.3 Å². The first-order valence-corrected chi connectivity index (χ1v) is 14.4. The van der Waals surface area contributed by atoms with Gasteiger partial charge in [-0.15, -0.1) is 11.3 Å². The average Bonchev–Trinajstić information content (AvgIpc) is 3.52. The van der Waals surface area contributed by atoms with Gasteiger partial charge in [-0.2, -0.15) is 4.72 Å². The summed E-state index contributed by atoms with van der Waals surface area (Å²) in [7, 11) is -2.66. The topological polar surface area (TPSA) is 138 Å². The predicted molar refractivity (Wildman–Crippen MR) is 143 cm³/mol. The molecular weight excluding hydrogens is 571 g/mol. The number of piperidine rings is 1. The number of hydrogen-bond donors (Lipinski definition) is 2. The molecule has 1 saturated heterocycles. The van der Waals surface area contributed by atoms with Gasteiger partial charge in [0, 0.05) is 43.1 Å². The number of thiophene rings is 1. The predicted octanol–water partition coefficient (Wildman–Crippen LogP) is 3.86. The van der Waals surface area contributed by atoms with Gasteiger partial charge in [0.25, 0.3) is 10.0 Å². The van der Waals surface area contributed by atoms with E-state index in [1.54, 1.807) is 29.0 Å². The van der Waals surface area contributed by atoms with Gasteiger partial charge in [0.15, 0.2) is 0 Å². The number of benzene rings is 1. The first kappa shape index (κ1) is 27.0. The summed E-state index contributed by atoms with van der Waals surface area (Å²) >= 11 is 6.84. The number of halogens is 2. The van der Waals surface area contributed by atoms with Crippen molar-refractivity contribution < 1.29 is 27.5 Å². The van der Waals surface area contributed by atoms with E-state index in [0.717, 1.165) is 16.2 Å². The number of aromatic nitrogens is 3. The fourth-order valence-electron chi connectivity index (χ4n) is 4.30. The van der Waals surface area contributed by atoms with Crippen LogP contribution in [0.25, 0.3) is 15.9 Å². The van der Waals surface area contributed by atoms with Crippen LogP contribution in [0.15, 0.2) is 53.0 Å². The molecule has 1 atom stereocenters. The molecule has 1 aliphatic heterocycles. The van der Waals surface area contributed by atoms with E-state index in [2.05, 4.69) is 14.7 Å². The molecule has 11 nitrogen and oxygen atoms in total. The van der Waals surface area contributed by atoms with E-state index in [1.807, 2.05) is 0 Å². The number of pyridine rings is 1. The molecule has 1 aromatic carbocycles. The van der Waals surface area contributed by atoms with Crippen LogP contribution < -0.4 is 9.62 Å². The summed E-state index contributed by atoms with van der Waals surface area (Å²) in [6, 6.07) is 7.86. The number of rotatable bonds is 7. The van der Waals surface area contributed by atoms with Crippen LogP contribution in [0.2, 0.25) is 5.15 Å². The minimum absolute atomic E-state index is 0.00240. The smallest absolute Gasteiger partial charge is 0.407 e. The second-order valence-corrected chi connectivity index (χ2v) is 12.2. The molecule has 1 aliphatic rings. The monoisotopic (exact) mass is 592 g/mol. The van der Waals surface area contributed by atoms with Crippen molar-refractivity contribution in [1.82, 2.24) is 24.2 Å². The summed E-state index contributed by atoms with van der Waals surface area (Å²) in [5.74, 6) is -0.873. The van der Waals surface area contributed by atoms with Crippen LogP contribution in [0, 0.1) is 5.82 Å². The normalized spacial score (nSPS) is 16.1. The van der Waals surface area contributed by atoms with Crippen LogP contribution in [-0.2, 0) is 21.4 Å². The van der Waals surface area contributed by atoms with E-state index >= 15 is 4.39 Å². The minimum atomic E-state index is -4.05. The minimum Gasteiger partial charge on any atom is -0.465 e. The highest BCUT2D eigenvalue weighted by molar-refractivity contribution is 7.91. The Kier molecular flexibility index (Phi) is 7.29. The largest absolute Gasteiger partial charge is 0.465 e. The van der Waals surface area contributed by atoms with Crippen LogP contribution in [0.3, 0.4) is 0 Å². The lowest BCUT2D eigenvalue weighted by molar-refractivity contribution is -0.121. The van der Waals surface area contributed by atoms with E-state index in [4.69, 9.17) is 16.7 Å². The van der Waals surface area contributed by atoms with Gasteiger partial charge in [-0.05, 0) is 43.2 Å². The molecule has 204 valence electrons. The summed E-state index contributed by atoms with van der Waals surface area (Å²) in [6.45, 7) is 0.208. The van der Waals surface area contributed by atoms with Crippen molar-refractivity contribution in [1.29, 1.82) is 0 Å². The zero-order valence-corrected chi connectivity index (χ0v) is 22.8. The average molecular weight is 593 g/mol. The van der Waals surface area contributed by atoms with Crippen LogP contribution in [0.1, 0.15) is 18.7 Å². The van der Waals surface area contributed by atoms with Gasteiger partial charge >= 0.3 is 6.09 Å². The highest BCUT2D eigenvalue weighted by atomic mass is 35.5. The molecule has 4 heterocycles. The molecule has 2 N–H and O–H groups in total. The molecule has 39 heavy (non-hydrogen) atoms.